The minimum atomic E-state index is -0.0636. The standard InChI is InChI=1S/C31H45N7O8/c1-25-32-34-31(35-33-25)26-3-5-27(6-4-26)46-24-23-45-22-21-44-20-19-43-18-17-42-16-9-28(39)37-14-12-36(13-15-37)10-2-11-38-29(40)7-8-30(38)41/h3-6H,2,7-24H2,1H3. The van der Waals surface area contributed by atoms with Crippen LogP contribution < -0.4 is 4.74 Å². The first-order valence-electron chi connectivity index (χ1n) is 15.9. The number of aryl methyl sites for hydroxylation is 1. The van der Waals surface area contributed by atoms with Crippen molar-refractivity contribution in [1.29, 1.82) is 0 Å². The predicted octanol–water partition coefficient (Wildman–Crippen LogP) is 0.761. The van der Waals surface area contributed by atoms with Crippen molar-refractivity contribution in [3.63, 3.8) is 0 Å². The number of imide groups is 1. The molecular formula is C31H45N7O8. The summed E-state index contributed by atoms with van der Waals surface area (Å²) in [4.78, 5) is 41.4. The van der Waals surface area contributed by atoms with Crippen LogP contribution in [0.25, 0.3) is 11.4 Å². The summed E-state index contributed by atoms with van der Waals surface area (Å²) in [6.45, 7) is 9.91. The molecule has 3 heterocycles. The first-order valence-corrected chi connectivity index (χ1v) is 15.9. The predicted molar refractivity (Wildman–Crippen MR) is 165 cm³/mol. The van der Waals surface area contributed by atoms with Crippen LogP contribution in [0.3, 0.4) is 0 Å². The summed E-state index contributed by atoms with van der Waals surface area (Å²) in [6.07, 6.45) is 1.78. The van der Waals surface area contributed by atoms with Crippen molar-refractivity contribution in [3.8, 4) is 17.1 Å². The maximum Gasteiger partial charge on any atom is 0.229 e. The van der Waals surface area contributed by atoms with E-state index in [1.807, 2.05) is 29.2 Å². The lowest BCUT2D eigenvalue weighted by Gasteiger charge is -2.35. The summed E-state index contributed by atoms with van der Waals surface area (Å²) in [5.74, 6) is 1.68. The van der Waals surface area contributed by atoms with Crippen molar-refractivity contribution in [2.24, 2.45) is 0 Å². The average Bonchev–Trinajstić information content (AvgIpc) is 3.40. The van der Waals surface area contributed by atoms with Gasteiger partial charge in [0.2, 0.25) is 23.5 Å². The van der Waals surface area contributed by atoms with E-state index in [0.29, 0.717) is 110 Å². The molecule has 0 bridgehead atoms. The highest BCUT2D eigenvalue weighted by atomic mass is 16.6. The minimum Gasteiger partial charge on any atom is -0.491 e. The molecule has 1 aromatic carbocycles. The number of amides is 3. The number of hydrogen-bond acceptors (Lipinski definition) is 13. The molecule has 2 aliphatic heterocycles. The fourth-order valence-electron chi connectivity index (χ4n) is 4.94. The first kappa shape index (κ1) is 35.2. The van der Waals surface area contributed by atoms with E-state index in [-0.39, 0.29) is 17.7 Å². The topological polar surface area (TPSA) is 159 Å². The van der Waals surface area contributed by atoms with Crippen LogP contribution in [0, 0.1) is 6.92 Å². The molecule has 1 aromatic heterocycles. The Morgan fingerprint density at radius 2 is 1.24 bits per heavy atom. The third kappa shape index (κ3) is 12.3. The molecule has 2 fully saturated rings. The number of piperazine rings is 1. The molecular weight excluding hydrogens is 598 g/mol. The van der Waals surface area contributed by atoms with Crippen molar-refractivity contribution in [3.05, 3.63) is 30.1 Å². The van der Waals surface area contributed by atoms with E-state index in [2.05, 4.69) is 25.3 Å². The van der Waals surface area contributed by atoms with Crippen LogP contribution in [-0.2, 0) is 33.3 Å². The molecule has 0 atom stereocenters. The van der Waals surface area contributed by atoms with Crippen LogP contribution in [0.15, 0.2) is 24.3 Å². The number of aromatic nitrogens is 4. The van der Waals surface area contributed by atoms with Crippen LogP contribution in [0.4, 0.5) is 0 Å². The van der Waals surface area contributed by atoms with Gasteiger partial charge in [-0.3, -0.25) is 24.2 Å². The number of nitrogens with zero attached hydrogens (tertiary/aromatic N) is 7. The molecule has 15 heteroatoms. The Morgan fingerprint density at radius 3 is 1.83 bits per heavy atom. The van der Waals surface area contributed by atoms with E-state index < -0.39 is 0 Å². The van der Waals surface area contributed by atoms with Crippen molar-refractivity contribution >= 4 is 17.7 Å². The second-order valence-corrected chi connectivity index (χ2v) is 10.9. The molecule has 2 aromatic rings. The zero-order valence-electron chi connectivity index (χ0n) is 26.6. The lowest BCUT2D eigenvalue weighted by atomic mass is 10.2. The zero-order valence-corrected chi connectivity index (χ0v) is 26.6. The van der Waals surface area contributed by atoms with Crippen molar-refractivity contribution in [1.82, 2.24) is 35.1 Å². The van der Waals surface area contributed by atoms with Gasteiger partial charge in [0.25, 0.3) is 0 Å². The SMILES string of the molecule is Cc1nnc(-c2ccc(OCCOCCOCCOCCOCCC(=O)N3CCN(CCCN4C(=O)CCC4=O)CC3)cc2)nn1. The average molecular weight is 644 g/mol. The second kappa shape index (κ2) is 19.8. The fourth-order valence-corrected chi connectivity index (χ4v) is 4.94. The van der Waals surface area contributed by atoms with Crippen LogP contribution in [0.1, 0.15) is 31.5 Å². The van der Waals surface area contributed by atoms with E-state index in [0.717, 1.165) is 37.4 Å². The highest BCUT2D eigenvalue weighted by Gasteiger charge is 2.28. The van der Waals surface area contributed by atoms with Gasteiger partial charge in [0.15, 0.2) is 5.82 Å². The van der Waals surface area contributed by atoms with Gasteiger partial charge in [-0.15, -0.1) is 20.4 Å². The molecule has 3 amide bonds. The van der Waals surface area contributed by atoms with Gasteiger partial charge in [0.05, 0.1) is 59.3 Å². The van der Waals surface area contributed by atoms with E-state index in [4.69, 9.17) is 23.7 Å². The summed E-state index contributed by atoms with van der Waals surface area (Å²) in [5.41, 5.74) is 0.814. The molecule has 252 valence electrons. The van der Waals surface area contributed by atoms with Gasteiger partial charge in [-0.1, -0.05) is 0 Å². The Balaban J connectivity index is 0.886. The number of carbonyl (C=O) groups excluding carboxylic acids is 3. The number of carbonyl (C=O) groups is 3. The fraction of sp³-hybridized carbons (Fsp3) is 0.645. The zero-order chi connectivity index (χ0) is 32.4. The molecule has 15 nitrogen and oxygen atoms in total. The molecule has 0 spiro atoms. The van der Waals surface area contributed by atoms with Gasteiger partial charge in [0.1, 0.15) is 12.4 Å². The highest BCUT2D eigenvalue weighted by molar-refractivity contribution is 6.01. The van der Waals surface area contributed by atoms with Gasteiger partial charge in [-0.25, -0.2) is 0 Å². The molecule has 2 saturated heterocycles. The van der Waals surface area contributed by atoms with E-state index in [1.165, 1.54) is 4.90 Å². The molecule has 4 rings (SSSR count). The molecule has 0 unspecified atom stereocenters. The van der Waals surface area contributed by atoms with Crippen LogP contribution in [0.2, 0.25) is 0 Å². The van der Waals surface area contributed by atoms with E-state index in [1.54, 1.807) is 6.92 Å². The van der Waals surface area contributed by atoms with Crippen LogP contribution in [0.5, 0.6) is 5.75 Å². The first-order chi connectivity index (χ1) is 22.5. The molecule has 46 heavy (non-hydrogen) atoms. The number of likely N-dealkylation sites (tertiary alicyclic amines) is 1. The Labute approximate surface area is 269 Å². The monoisotopic (exact) mass is 643 g/mol. The quantitative estimate of drug-likeness (QED) is 0.139. The maximum atomic E-state index is 12.5. The van der Waals surface area contributed by atoms with Crippen molar-refractivity contribution in [2.75, 3.05) is 98.7 Å². The third-order valence-electron chi connectivity index (χ3n) is 7.50. The van der Waals surface area contributed by atoms with Crippen LogP contribution >= 0.6 is 0 Å². The Hall–Kier alpha value is -3.63. The highest BCUT2D eigenvalue weighted by Crippen LogP contribution is 2.18. The summed E-state index contributed by atoms with van der Waals surface area (Å²) in [5, 5.41) is 15.9. The lowest BCUT2D eigenvalue weighted by molar-refractivity contribution is -0.139. The summed E-state index contributed by atoms with van der Waals surface area (Å²) >= 11 is 0. The van der Waals surface area contributed by atoms with Gasteiger partial charge < -0.3 is 28.6 Å². The smallest absolute Gasteiger partial charge is 0.229 e. The maximum absolute atomic E-state index is 12.5. The van der Waals surface area contributed by atoms with Crippen LogP contribution in [-0.4, -0.2) is 152 Å². The van der Waals surface area contributed by atoms with Gasteiger partial charge in [-0.05, 0) is 44.2 Å². The summed E-state index contributed by atoms with van der Waals surface area (Å²) < 4.78 is 27.8. The summed E-state index contributed by atoms with van der Waals surface area (Å²) in [7, 11) is 0. The Kier molecular flexibility index (Phi) is 15.2. The molecule has 0 aliphatic carbocycles. The number of hydrogen-bond donors (Lipinski definition) is 0. The van der Waals surface area contributed by atoms with E-state index >= 15 is 0 Å². The lowest BCUT2D eigenvalue weighted by Crippen LogP contribution is -2.49. The summed E-state index contributed by atoms with van der Waals surface area (Å²) in [6, 6.07) is 7.39. The number of ether oxygens (including phenoxy) is 5. The molecule has 2 aliphatic rings. The number of benzene rings is 1. The normalized spacial score (nSPS) is 15.6. The molecule has 0 radical (unpaired) electrons. The van der Waals surface area contributed by atoms with Crippen molar-refractivity contribution in [2.45, 2.75) is 32.6 Å². The van der Waals surface area contributed by atoms with Gasteiger partial charge >= 0.3 is 0 Å². The van der Waals surface area contributed by atoms with Gasteiger partial charge in [-0.2, -0.15) is 0 Å². The second-order valence-electron chi connectivity index (χ2n) is 10.9. The number of rotatable bonds is 21. The molecule has 0 saturated carbocycles. The third-order valence-corrected chi connectivity index (χ3v) is 7.50. The minimum absolute atomic E-state index is 0.0636. The van der Waals surface area contributed by atoms with E-state index in [9.17, 15) is 14.4 Å². The Bertz CT molecular complexity index is 1190. The van der Waals surface area contributed by atoms with Gasteiger partial charge in [0, 0.05) is 51.1 Å². The Morgan fingerprint density at radius 1 is 0.696 bits per heavy atom. The molecule has 0 N–H and O–H groups in total. The largest absolute Gasteiger partial charge is 0.491 e. The van der Waals surface area contributed by atoms with Crippen molar-refractivity contribution < 1.29 is 38.1 Å².